The van der Waals surface area contributed by atoms with Crippen molar-refractivity contribution in [1.82, 2.24) is 9.97 Å². The van der Waals surface area contributed by atoms with E-state index in [0.29, 0.717) is 6.42 Å². The Labute approximate surface area is 75.6 Å². The molecule has 1 aromatic heterocycles. The van der Waals surface area contributed by atoms with Crippen molar-refractivity contribution < 1.29 is 4.79 Å². The van der Waals surface area contributed by atoms with Crippen molar-refractivity contribution in [2.24, 2.45) is 0 Å². The first-order chi connectivity index (χ1) is 6.27. The fourth-order valence-corrected chi connectivity index (χ4v) is 1.39. The van der Waals surface area contributed by atoms with E-state index in [-0.39, 0.29) is 11.9 Å². The molecule has 0 saturated carbocycles. The van der Waals surface area contributed by atoms with Crippen molar-refractivity contribution in [2.45, 2.75) is 12.8 Å². The molecule has 5 heteroatoms. The Morgan fingerprint density at radius 2 is 2.08 bits per heavy atom. The Balaban J connectivity index is 2.25. The van der Waals surface area contributed by atoms with Gasteiger partial charge in [0.2, 0.25) is 11.9 Å². The normalized spacial score (nSPS) is 16.6. The number of hydrogen-bond donors (Lipinski definition) is 1. The van der Waals surface area contributed by atoms with Gasteiger partial charge in [-0.25, -0.2) is 9.97 Å². The molecular formula is C8H10N4O. The molecule has 2 heterocycles. The summed E-state index contributed by atoms with van der Waals surface area (Å²) in [6, 6.07) is 0. The number of carbonyl (C=O) groups excluding carboxylic acids is 1. The third-order valence-corrected chi connectivity index (χ3v) is 2.04. The molecule has 0 aliphatic carbocycles. The molecule has 1 aliphatic heterocycles. The summed E-state index contributed by atoms with van der Waals surface area (Å²) in [6.45, 7) is 0.756. The number of nitrogens with two attached hydrogens (primary N) is 1. The molecule has 0 radical (unpaired) electrons. The van der Waals surface area contributed by atoms with Crippen LogP contribution in [0.5, 0.6) is 0 Å². The van der Waals surface area contributed by atoms with Gasteiger partial charge in [0.05, 0.1) is 18.1 Å². The second kappa shape index (κ2) is 3.01. The molecular weight excluding hydrogens is 168 g/mol. The van der Waals surface area contributed by atoms with Crippen LogP contribution >= 0.6 is 0 Å². The molecule has 1 amide bonds. The van der Waals surface area contributed by atoms with Crippen LogP contribution in [0.1, 0.15) is 12.8 Å². The van der Waals surface area contributed by atoms with Gasteiger partial charge in [0.25, 0.3) is 0 Å². The minimum absolute atomic E-state index is 0.133. The largest absolute Gasteiger partial charge is 0.368 e. The highest BCUT2D eigenvalue weighted by Crippen LogP contribution is 2.19. The summed E-state index contributed by atoms with van der Waals surface area (Å²) in [5.74, 6) is 0.365. The van der Waals surface area contributed by atoms with E-state index in [0.717, 1.165) is 18.7 Å². The lowest BCUT2D eigenvalue weighted by atomic mass is 10.4. The van der Waals surface area contributed by atoms with Gasteiger partial charge in [0.1, 0.15) is 0 Å². The van der Waals surface area contributed by atoms with Crippen LogP contribution in [-0.2, 0) is 4.79 Å². The number of anilines is 2. The second-order valence-electron chi connectivity index (χ2n) is 2.95. The average Bonchev–Trinajstić information content (AvgIpc) is 2.53. The summed E-state index contributed by atoms with van der Waals surface area (Å²) in [5.41, 5.74) is 6.07. The number of carbonyl (C=O) groups is 1. The third kappa shape index (κ3) is 1.44. The van der Waals surface area contributed by atoms with Crippen molar-refractivity contribution in [1.29, 1.82) is 0 Å². The first-order valence-electron chi connectivity index (χ1n) is 4.15. The first-order valence-corrected chi connectivity index (χ1v) is 4.15. The zero-order chi connectivity index (χ0) is 9.26. The lowest BCUT2D eigenvalue weighted by Crippen LogP contribution is -2.24. The zero-order valence-electron chi connectivity index (χ0n) is 7.10. The number of nitrogens with zero attached hydrogens (tertiary/aromatic N) is 3. The maximum Gasteiger partial charge on any atom is 0.227 e. The van der Waals surface area contributed by atoms with Gasteiger partial charge in [-0.05, 0) is 6.42 Å². The molecule has 5 nitrogen and oxygen atoms in total. The fraction of sp³-hybridized carbons (Fsp3) is 0.375. The Morgan fingerprint density at radius 1 is 1.38 bits per heavy atom. The Bertz CT molecular complexity index is 321. The number of nitrogen functional groups attached to an aromatic ring is 1. The van der Waals surface area contributed by atoms with E-state index in [4.69, 9.17) is 5.73 Å². The molecule has 2 N–H and O–H groups in total. The molecule has 0 spiro atoms. The summed E-state index contributed by atoms with van der Waals surface area (Å²) < 4.78 is 0. The molecule has 1 fully saturated rings. The first kappa shape index (κ1) is 7.97. The average molecular weight is 178 g/mol. The minimum Gasteiger partial charge on any atom is -0.368 e. The van der Waals surface area contributed by atoms with Gasteiger partial charge in [-0.3, -0.25) is 4.79 Å². The van der Waals surface area contributed by atoms with Gasteiger partial charge in [-0.2, -0.15) is 0 Å². The summed E-state index contributed by atoms with van der Waals surface area (Å²) in [4.78, 5) is 20.6. The molecule has 0 unspecified atom stereocenters. The highest BCUT2D eigenvalue weighted by Gasteiger charge is 2.21. The Morgan fingerprint density at radius 3 is 2.62 bits per heavy atom. The molecule has 0 atom stereocenters. The number of rotatable bonds is 1. The summed E-state index contributed by atoms with van der Waals surface area (Å²) >= 11 is 0. The smallest absolute Gasteiger partial charge is 0.227 e. The van der Waals surface area contributed by atoms with Crippen molar-refractivity contribution >= 4 is 17.5 Å². The maximum atomic E-state index is 11.3. The number of hydrogen-bond acceptors (Lipinski definition) is 4. The van der Waals surface area contributed by atoms with E-state index < -0.39 is 0 Å². The molecule has 13 heavy (non-hydrogen) atoms. The van der Waals surface area contributed by atoms with Crippen molar-refractivity contribution in [2.75, 3.05) is 17.2 Å². The molecule has 0 bridgehead atoms. The Kier molecular flexibility index (Phi) is 1.84. The maximum absolute atomic E-state index is 11.3. The van der Waals surface area contributed by atoms with Gasteiger partial charge in [0.15, 0.2) is 0 Å². The van der Waals surface area contributed by atoms with Crippen LogP contribution < -0.4 is 10.6 Å². The van der Waals surface area contributed by atoms with Gasteiger partial charge in [-0.15, -0.1) is 0 Å². The molecule has 1 aromatic rings. The fourth-order valence-electron chi connectivity index (χ4n) is 1.39. The minimum atomic E-state index is 0.133. The van der Waals surface area contributed by atoms with E-state index in [1.165, 1.54) is 0 Å². The van der Waals surface area contributed by atoms with Crippen molar-refractivity contribution in [3.05, 3.63) is 12.4 Å². The van der Waals surface area contributed by atoms with E-state index >= 15 is 0 Å². The molecule has 1 saturated heterocycles. The quantitative estimate of drug-likeness (QED) is 0.666. The lowest BCUT2D eigenvalue weighted by Gasteiger charge is -2.13. The molecule has 1 aliphatic rings. The van der Waals surface area contributed by atoms with E-state index in [1.807, 2.05) is 0 Å². The standard InChI is InChI=1S/C8H10N4O/c9-8-10-4-6(5-11-8)12-3-1-2-7(12)13/h4-5H,1-3H2,(H2,9,10,11). The van der Waals surface area contributed by atoms with Crippen LogP contribution in [0.3, 0.4) is 0 Å². The summed E-state index contributed by atoms with van der Waals surface area (Å²) in [7, 11) is 0. The van der Waals surface area contributed by atoms with Crippen molar-refractivity contribution in [3.63, 3.8) is 0 Å². The summed E-state index contributed by atoms with van der Waals surface area (Å²) in [6.07, 6.45) is 4.67. The van der Waals surface area contributed by atoms with Crippen LogP contribution in [-0.4, -0.2) is 22.4 Å². The number of aromatic nitrogens is 2. The summed E-state index contributed by atoms with van der Waals surface area (Å²) in [5, 5.41) is 0. The third-order valence-electron chi connectivity index (χ3n) is 2.04. The van der Waals surface area contributed by atoms with E-state index in [1.54, 1.807) is 17.3 Å². The zero-order valence-corrected chi connectivity index (χ0v) is 7.10. The van der Waals surface area contributed by atoms with Crippen molar-refractivity contribution in [3.8, 4) is 0 Å². The van der Waals surface area contributed by atoms with Crippen LogP contribution in [0.2, 0.25) is 0 Å². The Hall–Kier alpha value is -1.65. The molecule has 2 rings (SSSR count). The van der Waals surface area contributed by atoms with Gasteiger partial charge < -0.3 is 10.6 Å². The predicted molar refractivity (Wildman–Crippen MR) is 48.0 cm³/mol. The van der Waals surface area contributed by atoms with Crippen LogP contribution in [0.15, 0.2) is 12.4 Å². The molecule has 68 valence electrons. The SMILES string of the molecule is Nc1ncc(N2CCCC2=O)cn1. The highest BCUT2D eigenvalue weighted by atomic mass is 16.2. The monoisotopic (exact) mass is 178 g/mol. The van der Waals surface area contributed by atoms with Crippen LogP contribution in [0.25, 0.3) is 0 Å². The topological polar surface area (TPSA) is 72.1 Å². The predicted octanol–water partition coefficient (Wildman–Crippen LogP) is 0.186. The highest BCUT2D eigenvalue weighted by molar-refractivity contribution is 5.94. The van der Waals surface area contributed by atoms with Crippen LogP contribution in [0.4, 0.5) is 11.6 Å². The van der Waals surface area contributed by atoms with Gasteiger partial charge >= 0.3 is 0 Å². The lowest BCUT2D eigenvalue weighted by molar-refractivity contribution is -0.117. The second-order valence-corrected chi connectivity index (χ2v) is 2.95. The van der Waals surface area contributed by atoms with Gasteiger partial charge in [0, 0.05) is 13.0 Å². The number of amides is 1. The molecule has 0 aromatic carbocycles. The van der Waals surface area contributed by atoms with E-state index in [9.17, 15) is 4.79 Å². The van der Waals surface area contributed by atoms with Crippen LogP contribution in [0, 0.1) is 0 Å². The van der Waals surface area contributed by atoms with E-state index in [2.05, 4.69) is 9.97 Å². The van der Waals surface area contributed by atoms with Gasteiger partial charge in [-0.1, -0.05) is 0 Å².